The van der Waals surface area contributed by atoms with Gasteiger partial charge in [0.05, 0.1) is 11.8 Å². The minimum Gasteiger partial charge on any atom is -0.335 e. The number of sulfonamides is 1. The van der Waals surface area contributed by atoms with E-state index in [4.69, 9.17) is 0 Å². The fourth-order valence-electron chi connectivity index (χ4n) is 3.54. The Balaban J connectivity index is 1.84. The quantitative estimate of drug-likeness (QED) is 0.791. The molecule has 3 rings (SSSR count). The first-order valence-corrected chi connectivity index (χ1v) is 9.65. The van der Waals surface area contributed by atoms with Crippen LogP contribution in [0.25, 0.3) is 0 Å². The van der Waals surface area contributed by atoms with Gasteiger partial charge < -0.3 is 4.90 Å². The largest absolute Gasteiger partial charge is 0.335 e. The Hall–Kier alpha value is -1.06. The van der Waals surface area contributed by atoms with Crippen LogP contribution in [0.15, 0.2) is 5.38 Å². The molecular formula is C12H18N4O3S2. The molecule has 2 saturated heterocycles. The summed E-state index contributed by atoms with van der Waals surface area (Å²) < 4.78 is 29.3. The number of carbonyl (C=O) groups excluding carboxylic acids is 1. The second-order valence-electron chi connectivity index (χ2n) is 5.78. The zero-order chi connectivity index (χ0) is 15.1. The first-order valence-electron chi connectivity index (χ1n) is 6.97. The van der Waals surface area contributed by atoms with Gasteiger partial charge in [-0.1, -0.05) is 4.49 Å². The smallest absolute Gasteiger partial charge is 0.275 e. The minimum absolute atomic E-state index is 0.150. The Morgan fingerprint density at radius 3 is 2.67 bits per heavy atom. The van der Waals surface area contributed by atoms with Crippen molar-refractivity contribution in [2.75, 3.05) is 25.9 Å². The number of piperidine rings is 1. The lowest BCUT2D eigenvalue weighted by Crippen LogP contribution is -2.58. The Morgan fingerprint density at radius 2 is 2.05 bits per heavy atom. The predicted octanol–water partition coefficient (Wildman–Crippen LogP) is 0.568. The van der Waals surface area contributed by atoms with Crippen LogP contribution in [0.3, 0.4) is 0 Å². The molecule has 0 saturated carbocycles. The van der Waals surface area contributed by atoms with Crippen molar-refractivity contribution in [3.8, 4) is 0 Å². The van der Waals surface area contributed by atoms with Crippen molar-refractivity contribution < 1.29 is 13.2 Å². The number of hydrogen-bond donors (Lipinski definition) is 0. The molecule has 1 atom stereocenters. The third-order valence-electron chi connectivity index (χ3n) is 4.35. The molecule has 2 aliphatic rings. The van der Waals surface area contributed by atoms with Crippen molar-refractivity contribution in [3.63, 3.8) is 0 Å². The van der Waals surface area contributed by atoms with Gasteiger partial charge in [0.2, 0.25) is 10.0 Å². The van der Waals surface area contributed by atoms with E-state index < -0.39 is 15.6 Å². The van der Waals surface area contributed by atoms with E-state index in [9.17, 15) is 13.2 Å². The molecule has 2 aliphatic heterocycles. The van der Waals surface area contributed by atoms with Crippen LogP contribution in [0, 0.1) is 0 Å². The summed E-state index contributed by atoms with van der Waals surface area (Å²) in [5.41, 5.74) is -0.0775. The maximum Gasteiger partial charge on any atom is 0.275 e. The van der Waals surface area contributed by atoms with E-state index in [1.165, 1.54) is 6.26 Å². The third-order valence-corrected chi connectivity index (χ3v) is 6.23. The van der Waals surface area contributed by atoms with Crippen LogP contribution in [-0.4, -0.2) is 64.5 Å². The molecule has 7 nitrogen and oxygen atoms in total. The van der Waals surface area contributed by atoms with Gasteiger partial charge in [0.15, 0.2) is 5.69 Å². The Kier molecular flexibility index (Phi) is 3.74. The van der Waals surface area contributed by atoms with Crippen molar-refractivity contribution in [1.82, 2.24) is 18.8 Å². The Bertz CT molecular complexity index is 631. The highest BCUT2D eigenvalue weighted by Crippen LogP contribution is 2.39. The summed E-state index contributed by atoms with van der Waals surface area (Å²) in [6, 6.07) is 0. The molecule has 9 heteroatoms. The normalized spacial score (nSPS) is 27.4. The number of amides is 1. The maximum absolute atomic E-state index is 12.4. The minimum atomic E-state index is -3.24. The van der Waals surface area contributed by atoms with Crippen molar-refractivity contribution in [2.24, 2.45) is 0 Å². The van der Waals surface area contributed by atoms with Crippen LogP contribution in [0.2, 0.25) is 0 Å². The third kappa shape index (κ3) is 2.69. The lowest BCUT2D eigenvalue weighted by Gasteiger charge is -2.44. The average molecular weight is 330 g/mol. The zero-order valence-electron chi connectivity index (χ0n) is 11.9. The summed E-state index contributed by atoms with van der Waals surface area (Å²) in [5.74, 6) is -0.150. The fraction of sp³-hybridized carbons (Fsp3) is 0.750. The first kappa shape index (κ1) is 14.9. The standard InChI is InChI=1S/C12H18N4O3S2/c1-21(18,19)16-7-3-5-12(16)4-2-6-15(9-12)11(17)10-8-20-14-13-10/h8H,2-7,9H2,1H3. The second-order valence-corrected chi connectivity index (χ2v) is 8.30. The number of aromatic nitrogens is 2. The van der Waals surface area contributed by atoms with E-state index in [0.29, 0.717) is 25.3 Å². The molecular weight excluding hydrogens is 312 g/mol. The Labute approximate surface area is 128 Å². The van der Waals surface area contributed by atoms with Gasteiger partial charge in [-0.15, -0.1) is 5.10 Å². The van der Waals surface area contributed by atoms with Crippen LogP contribution < -0.4 is 0 Å². The summed E-state index contributed by atoms with van der Waals surface area (Å²) in [7, 11) is -3.24. The van der Waals surface area contributed by atoms with Crippen molar-refractivity contribution in [3.05, 3.63) is 11.1 Å². The zero-order valence-corrected chi connectivity index (χ0v) is 13.5. The van der Waals surface area contributed by atoms with Gasteiger partial charge in [0.1, 0.15) is 0 Å². The molecule has 0 aromatic carbocycles. The van der Waals surface area contributed by atoms with Crippen LogP contribution in [0.5, 0.6) is 0 Å². The van der Waals surface area contributed by atoms with Crippen LogP contribution >= 0.6 is 11.5 Å². The summed E-state index contributed by atoms with van der Waals surface area (Å²) in [5, 5.41) is 5.45. The van der Waals surface area contributed by atoms with E-state index in [0.717, 1.165) is 37.2 Å². The summed E-state index contributed by atoms with van der Waals surface area (Å²) in [6.45, 7) is 1.66. The SMILES string of the molecule is CS(=O)(=O)N1CCCC12CCCN(C(=O)c1csnn1)C2. The number of nitrogens with zero attached hydrogens (tertiary/aromatic N) is 4. The van der Waals surface area contributed by atoms with Crippen LogP contribution in [0.4, 0.5) is 0 Å². The van der Waals surface area contributed by atoms with Gasteiger partial charge in [0, 0.05) is 25.0 Å². The molecule has 0 bridgehead atoms. The monoisotopic (exact) mass is 330 g/mol. The van der Waals surface area contributed by atoms with Crippen LogP contribution in [0.1, 0.15) is 36.2 Å². The van der Waals surface area contributed by atoms with E-state index in [2.05, 4.69) is 9.59 Å². The number of likely N-dealkylation sites (tertiary alicyclic amines) is 1. The summed E-state index contributed by atoms with van der Waals surface area (Å²) in [6.07, 6.45) is 4.56. The molecule has 21 heavy (non-hydrogen) atoms. The molecule has 3 heterocycles. The highest BCUT2D eigenvalue weighted by atomic mass is 32.2. The van der Waals surface area contributed by atoms with E-state index >= 15 is 0 Å². The van der Waals surface area contributed by atoms with Gasteiger partial charge >= 0.3 is 0 Å². The predicted molar refractivity (Wildman–Crippen MR) is 78.6 cm³/mol. The van der Waals surface area contributed by atoms with Crippen LogP contribution in [-0.2, 0) is 10.0 Å². The molecule has 0 radical (unpaired) electrons. The highest BCUT2D eigenvalue weighted by molar-refractivity contribution is 7.88. The summed E-state index contributed by atoms with van der Waals surface area (Å²) >= 11 is 1.15. The molecule has 1 aromatic heterocycles. The molecule has 0 aliphatic carbocycles. The molecule has 116 valence electrons. The molecule has 1 aromatic rings. The first-order chi connectivity index (χ1) is 9.92. The lowest BCUT2D eigenvalue weighted by atomic mass is 9.87. The number of hydrogen-bond acceptors (Lipinski definition) is 6. The van der Waals surface area contributed by atoms with E-state index in [1.807, 2.05) is 0 Å². The maximum atomic E-state index is 12.4. The fourth-order valence-corrected chi connectivity index (χ4v) is 5.38. The summed E-state index contributed by atoms with van der Waals surface area (Å²) in [4.78, 5) is 14.1. The van der Waals surface area contributed by atoms with Gasteiger partial charge in [-0.25, -0.2) is 8.42 Å². The van der Waals surface area contributed by atoms with Crippen molar-refractivity contribution in [1.29, 1.82) is 0 Å². The van der Waals surface area contributed by atoms with Crippen molar-refractivity contribution >= 4 is 27.5 Å². The molecule has 2 fully saturated rings. The molecule has 0 N–H and O–H groups in total. The van der Waals surface area contributed by atoms with E-state index in [1.54, 1.807) is 14.6 Å². The molecule has 1 unspecified atom stereocenters. The number of rotatable bonds is 2. The second kappa shape index (κ2) is 5.29. The number of carbonyl (C=O) groups is 1. The van der Waals surface area contributed by atoms with Gasteiger partial charge in [-0.3, -0.25) is 4.79 Å². The molecule has 1 spiro atoms. The van der Waals surface area contributed by atoms with Crippen molar-refractivity contribution in [2.45, 2.75) is 31.2 Å². The molecule has 1 amide bonds. The van der Waals surface area contributed by atoms with E-state index in [-0.39, 0.29) is 5.91 Å². The highest BCUT2D eigenvalue weighted by Gasteiger charge is 2.48. The Morgan fingerprint density at radius 1 is 1.33 bits per heavy atom. The topological polar surface area (TPSA) is 83.5 Å². The van der Waals surface area contributed by atoms with Gasteiger partial charge in [-0.05, 0) is 37.2 Å². The average Bonchev–Trinajstić information content (AvgIpc) is 3.07. The lowest BCUT2D eigenvalue weighted by molar-refractivity contribution is 0.0519. The van der Waals surface area contributed by atoms with Gasteiger partial charge in [0.25, 0.3) is 5.91 Å². The van der Waals surface area contributed by atoms with Gasteiger partial charge in [-0.2, -0.15) is 4.31 Å².